The molecular formula is C20H29N5O4. The maximum atomic E-state index is 12.1. The minimum Gasteiger partial charge on any atom is -0.479 e. The zero-order valence-electron chi connectivity index (χ0n) is 16.4. The van der Waals surface area contributed by atoms with Gasteiger partial charge in [-0.05, 0) is 43.5 Å². The van der Waals surface area contributed by atoms with Crippen LogP contribution in [0, 0.1) is 0 Å². The molecule has 9 heteroatoms. The van der Waals surface area contributed by atoms with Crippen molar-refractivity contribution in [2.24, 2.45) is 4.99 Å². The third-order valence-corrected chi connectivity index (χ3v) is 5.22. The average molecular weight is 403 g/mol. The van der Waals surface area contributed by atoms with Gasteiger partial charge in [-0.15, -0.1) is 0 Å². The Morgan fingerprint density at radius 1 is 1.24 bits per heavy atom. The molecule has 2 heterocycles. The van der Waals surface area contributed by atoms with Crippen LogP contribution in [0.3, 0.4) is 0 Å². The van der Waals surface area contributed by atoms with Crippen molar-refractivity contribution in [2.45, 2.75) is 37.8 Å². The zero-order valence-corrected chi connectivity index (χ0v) is 16.4. The van der Waals surface area contributed by atoms with Crippen molar-refractivity contribution in [3.05, 3.63) is 29.8 Å². The molecule has 1 saturated heterocycles. The van der Waals surface area contributed by atoms with Gasteiger partial charge in [0.1, 0.15) is 0 Å². The lowest BCUT2D eigenvalue weighted by atomic mass is 10.0. The molecule has 5 N–H and O–H groups in total. The van der Waals surface area contributed by atoms with Gasteiger partial charge in [0.25, 0.3) is 5.91 Å². The van der Waals surface area contributed by atoms with Gasteiger partial charge in [0.15, 0.2) is 12.1 Å². The smallest absolute Gasteiger partial charge is 0.332 e. The monoisotopic (exact) mass is 403 g/mol. The number of nitrogens with one attached hydrogen (secondary N) is 3. The third kappa shape index (κ3) is 6.08. The SMILES string of the molecule is O=C(NCC[C@H](O)C(=O)O)c1ccc(N2CCC(NC3=NCCCN3)CC2)cc1. The largest absolute Gasteiger partial charge is 0.479 e. The first-order valence-electron chi connectivity index (χ1n) is 10.1. The second kappa shape index (κ2) is 10.1. The van der Waals surface area contributed by atoms with Crippen LogP contribution in [0.15, 0.2) is 29.3 Å². The van der Waals surface area contributed by atoms with E-state index in [1.54, 1.807) is 12.1 Å². The van der Waals surface area contributed by atoms with Crippen molar-refractivity contribution >= 4 is 23.5 Å². The molecular weight excluding hydrogens is 374 g/mol. The van der Waals surface area contributed by atoms with Crippen molar-refractivity contribution < 1.29 is 19.8 Å². The molecule has 0 spiro atoms. The summed E-state index contributed by atoms with van der Waals surface area (Å²) in [6.45, 7) is 3.83. The lowest BCUT2D eigenvalue weighted by Crippen LogP contribution is -2.50. The molecule has 1 aromatic rings. The summed E-state index contributed by atoms with van der Waals surface area (Å²) in [7, 11) is 0. The summed E-state index contributed by atoms with van der Waals surface area (Å²) >= 11 is 0. The average Bonchev–Trinajstić information content (AvgIpc) is 2.75. The van der Waals surface area contributed by atoms with Crippen molar-refractivity contribution in [2.75, 3.05) is 37.6 Å². The molecule has 0 saturated carbocycles. The molecule has 29 heavy (non-hydrogen) atoms. The number of aliphatic hydroxyl groups excluding tert-OH is 1. The van der Waals surface area contributed by atoms with Gasteiger partial charge in [0, 0.05) is 56.4 Å². The number of hydrogen-bond donors (Lipinski definition) is 5. The number of aliphatic imine (C=N–C) groups is 1. The summed E-state index contributed by atoms with van der Waals surface area (Å²) in [4.78, 5) is 29.5. The van der Waals surface area contributed by atoms with E-state index in [1.165, 1.54) is 0 Å². The minimum absolute atomic E-state index is 0.0237. The summed E-state index contributed by atoms with van der Waals surface area (Å²) in [6, 6.07) is 7.82. The van der Waals surface area contributed by atoms with E-state index in [9.17, 15) is 14.7 Å². The maximum absolute atomic E-state index is 12.1. The summed E-state index contributed by atoms with van der Waals surface area (Å²) in [5.74, 6) is -0.649. The van der Waals surface area contributed by atoms with E-state index in [-0.39, 0.29) is 18.9 Å². The molecule has 0 unspecified atom stereocenters. The van der Waals surface area contributed by atoms with Crippen LogP contribution in [0.1, 0.15) is 36.0 Å². The highest BCUT2D eigenvalue weighted by molar-refractivity contribution is 5.94. The van der Waals surface area contributed by atoms with E-state index in [0.717, 1.165) is 57.1 Å². The number of carbonyl (C=O) groups excluding carboxylic acids is 1. The van der Waals surface area contributed by atoms with Crippen molar-refractivity contribution in [3.63, 3.8) is 0 Å². The number of piperidine rings is 1. The fourth-order valence-electron chi connectivity index (χ4n) is 3.48. The molecule has 1 aromatic carbocycles. The summed E-state index contributed by atoms with van der Waals surface area (Å²) in [5, 5.41) is 27.3. The number of nitrogens with zero attached hydrogens (tertiary/aromatic N) is 2. The molecule has 0 bridgehead atoms. The van der Waals surface area contributed by atoms with Crippen molar-refractivity contribution in [3.8, 4) is 0 Å². The number of aliphatic carboxylic acids is 1. The van der Waals surface area contributed by atoms with Crippen molar-refractivity contribution in [1.29, 1.82) is 0 Å². The Labute approximate surface area is 170 Å². The second-order valence-electron chi connectivity index (χ2n) is 7.36. The second-order valence-corrected chi connectivity index (χ2v) is 7.36. The Bertz CT molecular complexity index is 729. The first kappa shape index (κ1) is 20.9. The number of carboxylic acid groups (broad SMARTS) is 1. The number of benzene rings is 1. The number of carbonyl (C=O) groups is 2. The fourth-order valence-corrected chi connectivity index (χ4v) is 3.48. The topological polar surface area (TPSA) is 126 Å². The molecule has 0 radical (unpaired) electrons. The molecule has 3 rings (SSSR count). The maximum Gasteiger partial charge on any atom is 0.332 e. The van der Waals surface area contributed by atoms with E-state index >= 15 is 0 Å². The van der Waals surface area contributed by atoms with Gasteiger partial charge in [-0.1, -0.05) is 0 Å². The highest BCUT2D eigenvalue weighted by Gasteiger charge is 2.21. The normalized spacial score (nSPS) is 18.4. The Morgan fingerprint density at radius 2 is 1.97 bits per heavy atom. The predicted molar refractivity (Wildman–Crippen MR) is 110 cm³/mol. The van der Waals surface area contributed by atoms with E-state index in [1.807, 2.05) is 12.1 Å². The van der Waals surface area contributed by atoms with Gasteiger partial charge in [-0.3, -0.25) is 9.79 Å². The van der Waals surface area contributed by atoms with Crippen LogP contribution in [0.5, 0.6) is 0 Å². The number of hydrogen-bond acceptors (Lipinski definition) is 7. The van der Waals surface area contributed by atoms with E-state index < -0.39 is 12.1 Å². The van der Waals surface area contributed by atoms with Gasteiger partial charge >= 0.3 is 5.97 Å². The lowest BCUT2D eigenvalue weighted by molar-refractivity contribution is -0.146. The van der Waals surface area contributed by atoms with Crippen LogP contribution >= 0.6 is 0 Å². The zero-order chi connectivity index (χ0) is 20.6. The van der Waals surface area contributed by atoms with E-state index in [2.05, 4.69) is 25.8 Å². The molecule has 2 aliphatic heterocycles. The number of guanidine groups is 1. The van der Waals surface area contributed by atoms with Gasteiger partial charge in [0.05, 0.1) is 0 Å². The molecule has 158 valence electrons. The first-order chi connectivity index (χ1) is 14.0. The van der Waals surface area contributed by atoms with E-state index in [0.29, 0.717) is 11.6 Å². The molecule has 1 amide bonds. The van der Waals surface area contributed by atoms with Crippen LogP contribution in [-0.2, 0) is 4.79 Å². The fraction of sp³-hybridized carbons (Fsp3) is 0.550. The number of aliphatic hydroxyl groups is 1. The number of amides is 1. The molecule has 1 atom stereocenters. The van der Waals surface area contributed by atoms with Crippen LogP contribution in [0.4, 0.5) is 5.69 Å². The van der Waals surface area contributed by atoms with Crippen LogP contribution in [0.2, 0.25) is 0 Å². The van der Waals surface area contributed by atoms with Crippen LogP contribution in [0.25, 0.3) is 0 Å². The van der Waals surface area contributed by atoms with Gasteiger partial charge < -0.3 is 31.1 Å². The molecule has 1 fully saturated rings. The first-order valence-corrected chi connectivity index (χ1v) is 10.1. The van der Waals surface area contributed by atoms with Crippen molar-refractivity contribution in [1.82, 2.24) is 16.0 Å². The summed E-state index contributed by atoms with van der Waals surface area (Å²) in [5.41, 5.74) is 1.59. The highest BCUT2D eigenvalue weighted by atomic mass is 16.4. The molecule has 0 aliphatic carbocycles. The Kier molecular flexibility index (Phi) is 7.29. The van der Waals surface area contributed by atoms with Gasteiger partial charge in [-0.25, -0.2) is 4.79 Å². The van der Waals surface area contributed by atoms with Crippen LogP contribution < -0.4 is 20.9 Å². The number of rotatable bonds is 7. The molecule has 0 aromatic heterocycles. The minimum atomic E-state index is -1.46. The molecule has 2 aliphatic rings. The van der Waals surface area contributed by atoms with Gasteiger partial charge in [-0.2, -0.15) is 0 Å². The lowest BCUT2D eigenvalue weighted by Gasteiger charge is -2.35. The Hall–Kier alpha value is -2.81. The summed E-state index contributed by atoms with van der Waals surface area (Å²) < 4.78 is 0. The number of carboxylic acids is 1. The molecule has 9 nitrogen and oxygen atoms in total. The number of anilines is 1. The standard InChI is InChI=1S/C20H29N5O4/c26-17(19(28)29)6-11-21-18(27)14-2-4-16(5-3-14)25-12-7-15(8-13-25)24-20-22-9-1-10-23-20/h2-5,15,17,26H,1,6-13H2,(H,21,27)(H,28,29)(H2,22,23,24)/t17-/m0/s1. The third-order valence-electron chi connectivity index (χ3n) is 5.22. The van der Waals surface area contributed by atoms with E-state index in [4.69, 9.17) is 5.11 Å². The summed E-state index contributed by atoms with van der Waals surface area (Å²) in [6.07, 6.45) is 1.64. The van der Waals surface area contributed by atoms with Gasteiger partial charge in [0.2, 0.25) is 0 Å². The Balaban J connectivity index is 1.43. The Morgan fingerprint density at radius 3 is 2.59 bits per heavy atom. The van der Waals surface area contributed by atoms with Crippen LogP contribution in [-0.4, -0.2) is 72.9 Å². The predicted octanol–water partition coefficient (Wildman–Crippen LogP) is 0.160. The quantitative estimate of drug-likeness (QED) is 0.439. The highest BCUT2D eigenvalue weighted by Crippen LogP contribution is 2.20.